The zero-order chi connectivity index (χ0) is 14.3. The van der Waals surface area contributed by atoms with E-state index in [1.165, 1.54) is 18.3 Å². The van der Waals surface area contributed by atoms with Crippen molar-refractivity contribution in [2.24, 2.45) is 0 Å². The summed E-state index contributed by atoms with van der Waals surface area (Å²) >= 11 is 0. The highest BCUT2D eigenvalue weighted by Crippen LogP contribution is 2.36. The summed E-state index contributed by atoms with van der Waals surface area (Å²) in [7, 11) is 0. The third-order valence-electron chi connectivity index (χ3n) is 3.43. The first kappa shape index (κ1) is 12.8. The number of hydrogen-bond donors (Lipinski definition) is 0. The molecule has 0 aliphatic heterocycles. The summed E-state index contributed by atoms with van der Waals surface area (Å²) in [6.45, 7) is 1.88. The van der Waals surface area contributed by atoms with E-state index in [1.807, 2.05) is 4.57 Å². The molecule has 104 valence electrons. The molecule has 1 heterocycles. The summed E-state index contributed by atoms with van der Waals surface area (Å²) in [5.74, 6) is -1.14. The van der Waals surface area contributed by atoms with Crippen LogP contribution in [0.25, 0.3) is 10.9 Å². The Balaban J connectivity index is 2.28. The van der Waals surface area contributed by atoms with Crippen LogP contribution in [0.1, 0.15) is 36.2 Å². The van der Waals surface area contributed by atoms with E-state index in [2.05, 4.69) is 0 Å². The smallest absolute Gasteiger partial charge is 0.343 e. The van der Waals surface area contributed by atoms with Gasteiger partial charge >= 0.3 is 5.97 Å². The second-order valence-corrected chi connectivity index (χ2v) is 4.89. The van der Waals surface area contributed by atoms with E-state index in [0.29, 0.717) is 5.52 Å². The van der Waals surface area contributed by atoms with Crippen molar-refractivity contribution in [3.8, 4) is 0 Å². The molecule has 0 N–H and O–H groups in total. The molecule has 20 heavy (non-hydrogen) atoms. The molecule has 0 saturated heterocycles. The number of ether oxygens (including phenoxy) is 1. The van der Waals surface area contributed by atoms with Crippen LogP contribution in [0.3, 0.4) is 0 Å². The molecule has 1 aliphatic rings. The largest absolute Gasteiger partial charge is 0.462 e. The van der Waals surface area contributed by atoms with E-state index in [1.54, 1.807) is 13.0 Å². The molecule has 0 bridgehead atoms. The average molecular weight is 275 g/mol. The van der Waals surface area contributed by atoms with Gasteiger partial charge in [0.25, 0.3) is 0 Å². The Morgan fingerprint density at radius 2 is 2.20 bits per heavy atom. The summed E-state index contributed by atoms with van der Waals surface area (Å²) in [6.07, 6.45) is 3.54. The Labute approximate surface area is 114 Å². The Bertz CT molecular complexity index is 747. The minimum absolute atomic E-state index is 0.0307. The minimum atomic E-state index is -0.655. The van der Waals surface area contributed by atoms with Crippen molar-refractivity contribution in [3.05, 3.63) is 46.0 Å². The molecule has 1 aromatic carbocycles. The Hall–Kier alpha value is -2.17. The van der Waals surface area contributed by atoms with E-state index in [0.717, 1.165) is 12.8 Å². The van der Waals surface area contributed by atoms with Crippen molar-refractivity contribution in [2.45, 2.75) is 25.8 Å². The van der Waals surface area contributed by atoms with Crippen LogP contribution in [0.4, 0.5) is 4.39 Å². The number of nitrogens with zero attached hydrogens (tertiary/aromatic N) is 1. The minimum Gasteiger partial charge on any atom is -0.462 e. The fourth-order valence-electron chi connectivity index (χ4n) is 2.34. The Kier molecular flexibility index (Phi) is 3.04. The van der Waals surface area contributed by atoms with Crippen LogP contribution < -0.4 is 5.43 Å². The quantitative estimate of drug-likeness (QED) is 0.809. The van der Waals surface area contributed by atoms with Crippen LogP contribution in [0.2, 0.25) is 0 Å². The molecule has 0 amide bonds. The van der Waals surface area contributed by atoms with Crippen LogP contribution in [0, 0.1) is 5.82 Å². The first-order valence-corrected chi connectivity index (χ1v) is 6.63. The van der Waals surface area contributed by atoms with Gasteiger partial charge in [0.1, 0.15) is 11.4 Å². The van der Waals surface area contributed by atoms with Gasteiger partial charge in [0.15, 0.2) is 0 Å². The van der Waals surface area contributed by atoms with Crippen molar-refractivity contribution >= 4 is 16.9 Å². The monoisotopic (exact) mass is 275 g/mol. The summed E-state index contributed by atoms with van der Waals surface area (Å²) in [5, 5.41) is 0.224. The number of esters is 1. The topological polar surface area (TPSA) is 48.3 Å². The van der Waals surface area contributed by atoms with E-state index in [4.69, 9.17) is 4.74 Å². The molecular formula is C15H14FNO3. The molecule has 1 aromatic heterocycles. The van der Waals surface area contributed by atoms with Gasteiger partial charge in [0.2, 0.25) is 5.43 Å². The number of hydrogen-bond acceptors (Lipinski definition) is 3. The standard InChI is InChI=1S/C15H14FNO3/c1-2-20-15(19)12-8-17(10-4-5-10)13-6-3-9(16)7-11(13)14(12)18/h3,6-8,10H,2,4-5H2,1H3. The second kappa shape index (κ2) is 4.74. The third kappa shape index (κ3) is 2.09. The van der Waals surface area contributed by atoms with Crippen molar-refractivity contribution in [2.75, 3.05) is 6.61 Å². The predicted molar refractivity (Wildman–Crippen MR) is 72.4 cm³/mol. The maximum Gasteiger partial charge on any atom is 0.343 e. The number of pyridine rings is 1. The van der Waals surface area contributed by atoms with Crippen molar-refractivity contribution in [1.82, 2.24) is 4.57 Å². The first-order valence-electron chi connectivity index (χ1n) is 6.63. The number of aromatic nitrogens is 1. The van der Waals surface area contributed by atoms with E-state index >= 15 is 0 Å². The molecule has 0 unspecified atom stereocenters. The molecule has 0 radical (unpaired) electrons. The number of carbonyl (C=O) groups is 1. The van der Waals surface area contributed by atoms with Gasteiger partial charge in [0, 0.05) is 17.6 Å². The zero-order valence-corrected chi connectivity index (χ0v) is 11.1. The van der Waals surface area contributed by atoms with Gasteiger partial charge < -0.3 is 9.30 Å². The number of benzene rings is 1. The molecule has 0 atom stereocenters. The van der Waals surface area contributed by atoms with Crippen LogP contribution in [-0.2, 0) is 4.74 Å². The summed E-state index contributed by atoms with van der Waals surface area (Å²) < 4.78 is 20.2. The number of halogens is 1. The zero-order valence-electron chi connectivity index (χ0n) is 11.1. The SMILES string of the molecule is CCOC(=O)c1cn(C2CC2)c2ccc(F)cc2c1=O. The highest BCUT2D eigenvalue weighted by atomic mass is 19.1. The van der Waals surface area contributed by atoms with E-state index in [9.17, 15) is 14.0 Å². The van der Waals surface area contributed by atoms with E-state index in [-0.39, 0.29) is 23.6 Å². The van der Waals surface area contributed by atoms with Gasteiger partial charge in [-0.05, 0) is 38.0 Å². The lowest BCUT2D eigenvalue weighted by Crippen LogP contribution is -2.20. The summed E-state index contributed by atoms with van der Waals surface area (Å²) in [5.41, 5.74) is 0.152. The lowest BCUT2D eigenvalue weighted by molar-refractivity contribution is 0.0524. The molecule has 4 nitrogen and oxygen atoms in total. The lowest BCUT2D eigenvalue weighted by atomic mass is 10.1. The molecule has 1 saturated carbocycles. The fourth-order valence-corrected chi connectivity index (χ4v) is 2.34. The molecule has 1 aliphatic carbocycles. The molecule has 1 fully saturated rings. The van der Waals surface area contributed by atoms with Crippen LogP contribution in [0.15, 0.2) is 29.2 Å². The summed E-state index contributed by atoms with van der Waals surface area (Å²) in [4.78, 5) is 24.2. The lowest BCUT2D eigenvalue weighted by Gasteiger charge is -2.12. The maximum absolute atomic E-state index is 13.4. The molecule has 2 aromatic rings. The van der Waals surface area contributed by atoms with Gasteiger partial charge in [-0.25, -0.2) is 9.18 Å². The highest BCUT2D eigenvalue weighted by Gasteiger charge is 2.27. The van der Waals surface area contributed by atoms with Gasteiger partial charge in [-0.2, -0.15) is 0 Å². The number of carbonyl (C=O) groups excluding carboxylic acids is 1. The average Bonchev–Trinajstić information content (AvgIpc) is 3.24. The van der Waals surface area contributed by atoms with Gasteiger partial charge in [-0.1, -0.05) is 0 Å². The van der Waals surface area contributed by atoms with Crippen LogP contribution in [0.5, 0.6) is 0 Å². The Morgan fingerprint density at radius 1 is 1.45 bits per heavy atom. The van der Waals surface area contributed by atoms with Gasteiger partial charge in [-0.15, -0.1) is 0 Å². The van der Waals surface area contributed by atoms with Crippen LogP contribution >= 0.6 is 0 Å². The van der Waals surface area contributed by atoms with Gasteiger partial charge in [0.05, 0.1) is 12.1 Å². The highest BCUT2D eigenvalue weighted by molar-refractivity contribution is 5.93. The third-order valence-corrected chi connectivity index (χ3v) is 3.43. The normalized spacial score (nSPS) is 14.5. The second-order valence-electron chi connectivity index (χ2n) is 4.89. The Morgan fingerprint density at radius 3 is 2.85 bits per heavy atom. The predicted octanol–water partition coefficient (Wildman–Crippen LogP) is 2.65. The van der Waals surface area contributed by atoms with Gasteiger partial charge in [-0.3, -0.25) is 4.79 Å². The van der Waals surface area contributed by atoms with Crippen molar-refractivity contribution < 1.29 is 13.9 Å². The van der Waals surface area contributed by atoms with E-state index < -0.39 is 17.2 Å². The molecule has 0 spiro atoms. The summed E-state index contributed by atoms with van der Waals surface area (Å²) in [6, 6.07) is 4.36. The first-order chi connectivity index (χ1) is 9.61. The number of fused-ring (bicyclic) bond motifs is 1. The molecular weight excluding hydrogens is 261 g/mol. The maximum atomic E-state index is 13.4. The molecule has 5 heteroatoms. The van der Waals surface area contributed by atoms with Crippen LogP contribution in [-0.4, -0.2) is 17.1 Å². The van der Waals surface area contributed by atoms with Crippen molar-refractivity contribution in [3.63, 3.8) is 0 Å². The van der Waals surface area contributed by atoms with Crippen molar-refractivity contribution in [1.29, 1.82) is 0 Å². The fraction of sp³-hybridized carbons (Fsp3) is 0.333. The molecule has 3 rings (SSSR count). The number of rotatable bonds is 3.